The molecule has 7 heteroatoms. The number of carbonyl (C=O) groups is 2. The largest absolute Gasteiger partial charge is 0.416 e. The second kappa shape index (κ2) is 7.14. The standard InChI is InChI=1S/C18H21F4NO2/c1-11(2)8-17(4-3-15(24)9-17)16(25)23-10-12-5-13(18(20,21)22)7-14(19)6-12/h5-7,11H,3-4,8-10H2,1-2H3,(H,23,25). The van der Waals surface area contributed by atoms with Gasteiger partial charge in [0.2, 0.25) is 5.91 Å². The van der Waals surface area contributed by atoms with Crippen molar-refractivity contribution in [3.63, 3.8) is 0 Å². The van der Waals surface area contributed by atoms with Crippen LogP contribution in [-0.2, 0) is 22.3 Å². The molecule has 25 heavy (non-hydrogen) atoms. The summed E-state index contributed by atoms with van der Waals surface area (Å²) in [4.78, 5) is 24.3. The number of halogens is 4. The van der Waals surface area contributed by atoms with Gasteiger partial charge < -0.3 is 5.32 Å². The lowest BCUT2D eigenvalue weighted by atomic mass is 9.77. The maximum absolute atomic E-state index is 13.4. The number of rotatable bonds is 5. The zero-order chi connectivity index (χ0) is 18.8. The molecular weight excluding hydrogens is 338 g/mol. The van der Waals surface area contributed by atoms with Crippen LogP contribution in [0.4, 0.5) is 17.6 Å². The minimum Gasteiger partial charge on any atom is -0.352 e. The third-order valence-electron chi connectivity index (χ3n) is 4.44. The zero-order valence-electron chi connectivity index (χ0n) is 14.2. The lowest BCUT2D eigenvalue weighted by Gasteiger charge is -2.28. The number of ketones is 1. The lowest BCUT2D eigenvalue weighted by molar-refractivity contribution is -0.137. The van der Waals surface area contributed by atoms with Gasteiger partial charge >= 0.3 is 6.18 Å². The van der Waals surface area contributed by atoms with Crippen molar-refractivity contribution < 1.29 is 27.2 Å². The van der Waals surface area contributed by atoms with Gasteiger partial charge in [-0.3, -0.25) is 9.59 Å². The molecule has 1 aromatic rings. The van der Waals surface area contributed by atoms with Gasteiger partial charge in [-0.15, -0.1) is 0 Å². The van der Waals surface area contributed by atoms with Gasteiger partial charge in [0.25, 0.3) is 0 Å². The molecule has 3 nitrogen and oxygen atoms in total. The van der Waals surface area contributed by atoms with Gasteiger partial charge in [0.15, 0.2) is 0 Å². The van der Waals surface area contributed by atoms with Crippen LogP contribution in [0.25, 0.3) is 0 Å². The van der Waals surface area contributed by atoms with Crippen LogP contribution in [0.5, 0.6) is 0 Å². The number of hydrogen-bond donors (Lipinski definition) is 1. The summed E-state index contributed by atoms with van der Waals surface area (Å²) in [7, 11) is 0. The SMILES string of the molecule is CC(C)CC1(C(=O)NCc2cc(F)cc(C(F)(F)F)c2)CCC(=O)C1. The number of amides is 1. The predicted octanol–water partition coefficient (Wildman–Crippen LogP) is 4.25. The van der Waals surface area contributed by atoms with Crippen LogP contribution in [0.15, 0.2) is 18.2 Å². The average Bonchev–Trinajstić information content (AvgIpc) is 2.84. The van der Waals surface area contributed by atoms with Gasteiger partial charge in [0, 0.05) is 19.4 Å². The molecule has 1 aliphatic rings. The molecular formula is C18H21F4NO2. The fraction of sp³-hybridized carbons (Fsp3) is 0.556. The third-order valence-corrected chi connectivity index (χ3v) is 4.44. The number of Topliss-reactive ketones (excluding diaryl/α,β-unsaturated/α-hetero) is 1. The summed E-state index contributed by atoms with van der Waals surface area (Å²) in [6.07, 6.45) is -3.21. The molecule has 2 rings (SSSR count). The fourth-order valence-corrected chi connectivity index (χ4v) is 3.46. The predicted molar refractivity (Wildman–Crippen MR) is 84.0 cm³/mol. The van der Waals surface area contributed by atoms with Crippen molar-refractivity contribution in [2.45, 2.75) is 52.3 Å². The highest BCUT2D eigenvalue weighted by atomic mass is 19.4. The molecule has 0 bridgehead atoms. The molecule has 1 atom stereocenters. The van der Waals surface area contributed by atoms with E-state index in [9.17, 15) is 27.2 Å². The van der Waals surface area contributed by atoms with Crippen LogP contribution in [0.2, 0.25) is 0 Å². The number of carbonyl (C=O) groups excluding carboxylic acids is 2. The lowest BCUT2D eigenvalue weighted by Crippen LogP contribution is -2.40. The molecule has 0 aromatic heterocycles. The first kappa shape index (κ1) is 19.4. The van der Waals surface area contributed by atoms with Gasteiger partial charge in [0.1, 0.15) is 11.6 Å². The minimum absolute atomic E-state index is 0.0147. The summed E-state index contributed by atoms with van der Waals surface area (Å²) in [5.41, 5.74) is -1.87. The summed E-state index contributed by atoms with van der Waals surface area (Å²) >= 11 is 0. The third kappa shape index (κ3) is 4.80. The molecule has 1 saturated carbocycles. The molecule has 0 heterocycles. The quantitative estimate of drug-likeness (QED) is 0.799. The smallest absolute Gasteiger partial charge is 0.352 e. The summed E-state index contributed by atoms with van der Waals surface area (Å²) in [6.45, 7) is 3.67. The zero-order valence-corrected chi connectivity index (χ0v) is 14.2. The Bertz CT molecular complexity index is 670. The molecule has 1 unspecified atom stereocenters. The Morgan fingerprint density at radius 1 is 1.28 bits per heavy atom. The molecule has 1 fully saturated rings. The Kier molecular flexibility index (Phi) is 5.54. The van der Waals surface area contributed by atoms with E-state index in [0.717, 1.165) is 12.1 Å². The van der Waals surface area contributed by atoms with Crippen LogP contribution in [0.1, 0.15) is 50.7 Å². The molecule has 1 aromatic carbocycles. The summed E-state index contributed by atoms with van der Waals surface area (Å²) in [5.74, 6) is -1.15. The minimum atomic E-state index is -4.66. The van der Waals surface area contributed by atoms with Crippen LogP contribution in [0.3, 0.4) is 0 Å². The van der Waals surface area contributed by atoms with Crippen molar-refractivity contribution in [2.75, 3.05) is 0 Å². The van der Waals surface area contributed by atoms with Crippen molar-refractivity contribution in [1.29, 1.82) is 0 Å². The topological polar surface area (TPSA) is 46.2 Å². The summed E-state index contributed by atoms with van der Waals surface area (Å²) in [6, 6.07) is 2.20. The molecule has 0 spiro atoms. The first-order valence-electron chi connectivity index (χ1n) is 8.18. The highest BCUT2D eigenvalue weighted by Gasteiger charge is 2.44. The molecule has 138 valence electrons. The van der Waals surface area contributed by atoms with Crippen LogP contribution in [-0.4, -0.2) is 11.7 Å². The number of nitrogens with one attached hydrogen (secondary N) is 1. The number of alkyl halides is 3. The first-order chi connectivity index (χ1) is 11.5. The van der Waals surface area contributed by atoms with E-state index in [1.807, 2.05) is 13.8 Å². The normalized spacial score (nSPS) is 21.0. The Morgan fingerprint density at radius 2 is 1.96 bits per heavy atom. The van der Waals surface area contributed by atoms with E-state index < -0.39 is 23.0 Å². The van der Waals surface area contributed by atoms with Crippen molar-refractivity contribution in [2.24, 2.45) is 11.3 Å². The monoisotopic (exact) mass is 359 g/mol. The van der Waals surface area contributed by atoms with E-state index in [-0.39, 0.29) is 36.1 Å². The molecule has 1 aliphatic carbocycles. The van der Waals surface area contributed by atoms with Gasteiger partial charge in [-0.1, -0.05) is 13.8 Å². The molecule has 0 radical (unpaired) electrons. The Hall–Kier alpha value is -1.92. The maximum Gasteiger partial charge on any atom is 0.416 e. The fourth-order valence-electron chi connectivity index (χ4n) is 3.46. The van der Waals surface area contributed by atoms with Gasteiger partial charge in [-0.2, -0.15) is 13.2 Å². The van der Waals surface area contributed by atoms with Crippen LogP contribution < -0.4 is 5.32 Å². The van der Waals surface area contributed by atoms with E-state index in [2.05, 4.69) is 5.32 Å². The molecule has 1 amide bonds. The first-order valence-corrected chi connectivity index (χ1v) is 8.18. The Morgan fingerprint density at radius 3 is 2.48 bits per heavy atom. The summed E-state index contributed by atoms with van der Waals surface area (Å²) < 4.78 is 51.7. The Balaban J connectivity index is 2.13. The van der Waals surface area contributed by atoms with Gasteiger partial charge in [-0.25, -0.2) is 4.39 Å². The number of benzene rings is 1. The molecule has 0 saturated heterocycles. The van der Waals surface area contributed by atoms with Crippen molar-refractivity contribution in [1.82, 2.24) is 5.32 Å². The van der Waals surface area contributed by atoms with E-state index in [4.69, 9.17) is 0 Å². The second-order valence-electron chi connectivity index (χ2n) is 7.12. The second-order valence-corrected chi connectivity index (χ2v) is 7.12. The van der Waals surface area contributed by atoms with Crippen molar-refractivity contribution >= 4 is 11.7 Å². The van der Waals surface area contributed by atoms with E-state index in [1.54, 1.807) is 0 Å². The average molecular weight is 359 g/mol. The molecule has 0 aliphatic heterocycles. The van der Waals surface area contributed by atoms with Crippen molar-refractivity contribution in [3.05, 3.63) is 35.1 Å². The summed E-state index contributed by atoms with van der Waals surface area (Å²) in [5, 5.41) is 2.59. The van der Waals surface area contributed by atoms with E-state index in [1.165, 1.54) is 0 Å². The van der Waals surface area contributed by atoms with Gasteiger partial charge in [0.05, 0.1) is 11.0 Å². The maximum atomic E-state index is 13.4. The highest BCUT2D eigenvalue weighted by Crippen LogP contribution is 2.41. The Labute approximate surface area is 143 Å². The number of hydrogen-bond acceptors (Lipinski definition) is 2. The van der Waals surface area contributed by atoms with Crippen LogP contribution in [0, 0.1) is 17.2 Å². The van der Waals surface area contributed by atoms with Crippen LogP contribution >= 0.6 is 0 Å². The highest BCUT2D eigenvalue weighted by molar-refractivity contribution is 5.93. The van der Waals surface area contributed by atoms with E-state index in [0.29, 0.717) is 25.3 Å². The van der Waals surface area contributed by atoms with Gasteiger partial charge in [-0.05, 0) is 42.5 Å². The molecule has 1 N–H and O–H groups in total. The van der Waals surface area contributed by atoms with Crippen molar-refractivity contribution in [3.8, 4) is 0 Å². The van der Waals surface area contributed by atoms with E-state index >= 15 is 0 Å².